The van der Waals surface area contributed by atoms with E-state index in [4.69, 9.17) is 14.7 Å². The largest absolute Gasteiger partial charge is 0.494 e. The lowest BCUT2D eigenvalue weighted by Gasteiger charge is -2.32. The van der Waals surface area contributed by atoms with Gasteiger partial charge < -0.3 is 15.0 Å². The van der Waals surface area contributed by atoms with Gasteiger partial charge in [-0.1, -0.05) is 6.07 Å². The molecular weight excluding hydrogens is 362 g/mol. The third-order valence-corrected chi connectivity index (χ3v) is 5.48. The van der Waals surface area contributed by atoms with Gasteiger partial charge in [0, 0.05) is 49.4 Å². The number of piperidine rings is 1. The van der Waals surface area contributed by atoms with Gasteiger partial charge in [-0.2, -0.15) is 0 Å². The van der Waals surface area contributed by atoms with Crippen LogP contribution in [0.25, 0.3) is 10.9 Å². The second kappa shape index (κ2) is 9.18. The van der Waals surface area contributed by atoms with Crippen LogP contribution < -0.4 is 15.0 Å². The molecule has 1 aromatic carbocycles. The van der Waals surface area contributed by atoms with Gasteiger partial charge in [-0.15, -0.1) is 0 Å². The fourth-order valence-electron chi connectivity index (χ4n) is 3.88. The molecule has 29 heavy (non-hydrogen) atoms. The van der Waals surface area contributed by atoms with Gasteiger partial charge >= 0.3 is 0 Å². The highest BCUT2D eigenvalue weighted by Gasteiger charge is 2.21. The molecule has 3 aromatic rings. The van der Waals surface area contributed by atoms with Crippen LogP contribution in [0.2, 0.25) is 0 Å². The molecule has 1 aliphatic rings. The van der Waals surface area contributed by atoms with Crippen molar-refractivity contribution in [1.82, 2.24) is 20.3 Å². The number of nitrogens with one attached hydrogen (secondary N) is 1. The Morgan fingerprint density at radius 3 is 2.76 bits per heavy atom. The number of anilines is 1. The molecule has 6 nitrogen and oxygen atoms in total. The Labute approximate surface area is 172 Å². The summed E-state index contributed by atoms with van der Waals surface area (Å²) in [6.07, 6.45) is 5.03. The van der Waals surface area contributed by atoms with Gasteiger partial charge in [0.2, 0.25) is 5.95 Å². The Morgan fingerprint density at radius 2 is 2.00 bits per heavy atom. The van der Waals surface area contributed by atoms with E-state index in [1.807, 2.05) is 43.5 Å². The zero-order chi connectivity index (χ0) is 20.1. The molecule has 4 rings (SSSR count). The standard InChI is InChI=1S/C23H29N5O/c1-3-29-20-7-8-22-21(16-20)17(2)26-23(27-22)28-14-10-19(11-15-28)25-13-9-18-6-4-5-12-24-18/h4-8,12,16,19,25H,3,9-11,13-15H2,1-2H3. The SMILES string of the molecule is CCOc1ccc2nc(N3CCC(NCCc4ccccn4)CC3)nc(C)c2c1. The van der Waals surface area contributed by atoms with E-state index < -0.39 is 0 Å². The first-order chi connectivity index (χ1) is 14.2. The van der Waals surface area contributed by atoms with Gasteiger partial charge in [0.25, 0.3) is 0 Å². The van der Waals surface area contributed by atoms with Crippen molar-refractivity contribution in [2.45, 2.75) is 39.2 Å². The summed E-state index contributed by atoms with van der Waals surface area (Å²) in [5.74, 6) is 1.71. The molecular formula is C23H29N5O. The van der Waals surface area contributed by atoms with E-state index in [1.54, 1.807) is 0 Å². The number of pyridine rings is 1. The molecule has 0 amide bonds. The minimum atomic E-state index is 0.547. The second-order valence-corrected chi connectivity index (χ2v) is 7.51. The number of aryl methyl sites for hydroxylation is 1. The molecule has 0 aliphatic carbocycles. The lowest BCUT2D eigenvalue weighted by Crippen LogP contribution is -2.43. The van der Waals surface area contributed by atoms with Crippen molar-refractivity contribution in [2.75, 3.05) is 31.1 Å². The quantitative estimate of drug-likeness (QED) is 0.665. The Kier molecular flexibility index (Phi) is 6.20. The monoisotopic (exact) mass is 391 g/mol. The van der Waals surface area contributed by atoms with Gasteiger partial charge in [0.1, 0.15) is 5.75 Å². The predicted octanol–water partition coefficient (Wildman–Crippen LogP) is 3.53. The summed E-state index contributed by atoms with van der Waals surface area (Å²) in [7, 11) is 0. The van der Waals surface area contributed by atoms with Crippen molar-refractivity contribution in [1.29, 1.82) is 0 Å². The van der Waals surface area contributed by atoms with E-state index >= 15 is 0 Å². The van der Waals surface area contributed by atoms with E-state index in [0.29, 0.717) is 12.6 Å². The molecule has 0 atom stereocenters. The van der Waals surface area contributed by atoms with Gasteiger partial charge in [-0.05, 0) is 57.0 Å². The highest BCUT2D eigenvalue weighted by Crippen LogP contribution is 2.25. The molecule has 3 heterocycles. The van der Waals surface area contributed by atoms with E-state index in [9.17, 15) is 0 Å². The van der Waals surface area contributed by atoms with Crippen LogP contribution in [0, 0.1) is 6.92 Å². The van der Waals surface area contributed by atoms with Crippen LogP contribution in [0.15, 0.2) is 42.6 Å². The Morgan fingerprint density at radius 1 is 1.14 bits per heavy atom. The minimum Gasteiger partial charge on any atom is -0.494 e. The molecule has 0 unspecified atom stereocenters. The summed E-state index contributed by atoms with van der Waals surface area (Å²) < 4.78 is 5.61. The Balaban J connectivity index is 1.34. The van der Waals surface area contributed by atoms with Crippen LogP contribution in [-0.4, -0.2) is 47.2 Å². The number of hydrogen-bond donors (Lipinski definition) is 1. The number of benzene rings is 1. The molecule has 1 fully saturated rings. The minimum absolute atomic E-state index is 0.547. The normalized spacial score (nSPS) is 15.0. The maximum absolute atomic E-state index is 5.61. The summed E-state index contributed by atoms with van der Waals surface area (Å²) in [6.45, 7) is 7.62. The highest BCUT2D eigenvalue weighted by atomic mass is 16.5. The molecule has 0 spiro atoms. The van der Waals surface area contributed by atoms with Crippen molar-refractivity contribution in [3.05, 3.63) is 54.0 Å². The summed E-state index contributed by atoms with van der Waals surface area (Å²) in [5.41, 5.74) is 3.12. The van der Waals surface area contributed by atoms with Crippen molar-refractivity contribution >= 4 is 16.9 Å². The molecule has 1 N–H and O–H groups in total. The van der Waals surface area contributed by atoms with E-state index in [1.165, 1.54) is 0 Å². The average Bonchev–Trinajstić information content (AvgIpc) is 2.75. The molecule has 2 aromatic heterocycles. The van der Waals surface area contributed by atoms with Crippen LogP contribution in [0.1, 0.15) is 31.2 Å². The molecule has 1 saturated heterocycles. The fourth-order valence-corrected chi connectivity index (χ4v) is 3.88. The lowest BCUT2D eigenvalue weighted by atomic mass is 10.1. The third kappa shape index (κ3) is 4.82. The molecule has 0 saturated carbocycles. The number of fused-ring (bicyclic) bond motifs is 1. The summed E-state index contributed by atoms with van der Waals surface area (Å²) in [4.78, 5) is 16.3. The number of ether oxygens (including phenoxy) is 1. The van der Waals surface area contributed by atoms with Crippen molar-refractivity contribution in [3.8, 4) is 5.75 Å². The maximum Gasteiger partial charge on any atom is 0.226 e. The lowest BCUT2D eigenvalue weighted by molar-refractivity contribution is 0.340. The molecule has 6 heteroatoms. The van der Waals surface area contributed by atoms with E-state index in [-0.39, 0.29) is 0 Å². The Hall–Kier alpha value is -2.73. The second-order valence-electron chi connectivity index (χ2n) is 7.51. The fraction of sp³-hybridized carbons (Fsp3) is 0.435. The zero-order valence-electron chi connectivity index (χ0n) is 17.3. The first-order valence-corrected chi connectivity index (χ1v) is 10.5. The van der Waals surface area contributed by atoms with Gasteiger partial charge in [-0.25, -0.2) is 9.97 Å². The van der Waals surface area contributed by atoms with Crippen molar-refractivity contribution in [2.24, 2.45) is 0 Å². The first-order valence-electron chi connectivity index (χ1n) is 10.5. The van der Waals surface area contributed by atoms with Crippen LogP contribution >= 0.6 is 0 Å². The van der Waals surface area contributed by atoms with Crippen molar-refractivity contribution < 1.29 is 4.74 Å². The average molecular weight is 392 g/mol. The number of nitrogens with zero attached hydrogens (tertiary/aromatic N) is 4. The highest BCUT2D eigenvalue weighted by molar-refractivity contribution is 5.83. The predicted molar refractivity (Wildman–Crippen MR) is 117 cm³/mol. The molecule has 0 bridgehead atoms. The maximum atomic E-state index is 5.61. The third-order valence-electron chi connectivity index (χ3n) is 5.48. The van der Waals surface area contributed by atoms with Gasteiger partial charge in [0.05, 0.1) is 17.8 Å². The summed E-state index contributed by atoms with van der Waals surface area (Å²) in [6, 6.07) is 12.7. The zero-order valence-corrected chi connectivity index (χ0v) is 17.3. The topological polar surface area (TPSA) is 63.2 Å². The van der Waals surface area contributed by atoms with E-state index in [2.05, 4.69) is 28.2 Å². The molecule has 0 radical (unpaired) electrons. The van der Waals surface area contributed by atoms with Crippen LogP contribution in [0.3, 0.4) is 0 Å². The Bertz CT molecular complexity index is 939. The van der Waals surface area contributed by atoms with Crippen LogP contribution in [-0.2, 0) is 6.42 Å². The smallest absolute Gasteiger partial charge is 0.226 e. The molecule has 152 valence electrons. The number of rotatable bonds is 7. The summed E-state index contributed by atoms with van der Waals surface area (Å²) >= 11 is 0. The first kappa shape index (κ1) is 19.6. The van der Waals surface area contributed by atoms with E-state index in [0.717, 1.165) is 72.9 Å². The van der Waals surface area contributed by atoms with Gasteiger partial charge in [0.15, 0.2) is 0 Å². The number of aromatic nitrogens is 3. The number of hydrogen-bond acceptors (Lipinski definition) is 6. The van der Waals surface area contributed by atoms with Crippen LogP contribution in [0.5, 0.6) is 5.75 Å². The summed E-state index contributed by atoms with van der Waals surface area (Å²) in [5, 5.41) is 4.74. The van der Waals surface area contributed by atoms with Crippen LogP contribution in [0.4, 0.5) is 5.95 Å². The molecule has 1 aliphatic heterocycles. The van der Waals surface area contributed by atoms with Crippen molar-refractivity contribution in [3.63, 3.8) is 0 Å². The van der Waals surface area contributed by atoms with Gasteiger partial charge in [-0.3, -0.25) is 4.98 Å².